The predicted octanol–water partition coefficient (Wildman–Crippen LogP) is 1.73. The van der Waals surface area contributed by atoms with Crippen LogP contribution in [0, 0.1) is 12.8 Å². The van der Waals surface area contributed by atoms with E-state index in [1.807, 2.05) is 11.8 Å². The number of carbonyl (C=O) groups excluding carboxylic acids is 1. The fourth-order valence-electron chi connectivity index (χ4n) is 3.73. The van der Waals surface area contributed by atoms with Crippen LogP contribution in [0.2, 0.25) is 0 Å². The van der Waals surface area contributed by atoms with Crippen molar-refractivity contribution in [1.82, 2.24) is 15.4 Å². The third-order valence-corrected chi connectivity index (χ3v) is 4.93. The first-order valence-corrected chi connectivity index (χ1v) is 8.18. The fraction of sp³-hybridized carbons (Fsp3) is 0.750. The second kappa shape index (κ2) is 6.79. The van der Waals surface area contributed by atoms with Crippen LogP contribution in [-0.4, -0.2) is 48.7 Å². The Morgan fingerprint density at radius 2 is 2.32 bits per heavy atom. The first kappa shape index (κ1) is 15.5. The van der Waals surface area contributed by atoms with Crippen molar-refractivity contribution in [3.63, 3.8) is 0 Å². The van der Waals surface area contributed by atoms with Gasteiger partial charge in [0.15, 0.2) is 5.69 Å². The lowest BCUT2D eigenvalue weighted by atomic mass is 9.89. The number of carbonyl (C=O) groups is 1. The van der Waals surface area contributed by atoms with E-state index in [9.17, 15) is 4.79 Å². The molecule has 0 aromatic carbocycles. The van der Waals surface area contributed by atoms with E-state index in [2.05, 4.69) is 10.5 Å². The highest BCUT2D eigenvalue weighted by Crippen LogP contribution is 2.29. The summed E-state index contributed by atoms with van der Waals surface area (Å²) in [4.78, 5) is 15.1. The predicted molar refractivity (Wildman–Crippen MR) is 81.6 cm³/mol. The summed E-state index contributed by atoms with van der Waals surface area (Å²) in [7, 11) is 1.62. The van der Waals surface area contributed by atoms with Gasteiger partial charge in [-0.1, -0.05) is 11.6 Å². The number of ether oxygens (including phenoxy) is 1. The number of hydrogen-bond donors (Lipinski definition) is 1. The van der Waals surface area contributed by atoms with E-state index in [0.717, 1.165) is 38.0 Å². The highest BCUT2D eigenvalue weighted by molar-refractivity contribution is 5.94. The Labute approximate surface area is 131 Å². The van der Waals surface area contributed by atoms with Gasteiger partial charge in [0.2, 0.25) is 0 Å². The normalized spacial score (nSPS) is 25.6. The largest absolute Gasteiger partial charge is 0.380 e. The number of nitrogens with one attached hydrogen (secondary N) is 1. The molecule has 0 spiro atoms. The fourth-order valence-corrected chi connectivity index (χ4v) is 3.73. The highest BCUT2D eigenvalue weighted by Gasteiger charge is 2.36. The van der Waals surface area contributed by atoms with E-state index in [-0.39, 0.29) is 5.91 Å². The van der Waals surface area contributed by atoms with Crippen molar-refractivity contribution >= 4 is 5.91 Å². The van der Waals surface area contributed by atoms with E-state index in [1.165, 1.54) is 12.8 Å². The van der Waals surface area contributed by atoms with Crippen molar-refractivity contribution in [2.24, 2.45) is 5.92 Å². The molecule has 0 unspecified atom stereocenters. The highest BCUT2D eigenvalue weighted by atomic mass is 16.5. The molecule has 3 heterocycles. The molecule has 22 heavy (non-hydrogen) atoms. The summed E-state index contributed by atoms with van der Waals surface area (Å²) < 4.78 is 10.4. The first-order chi connectivity index (χ1) is 10.7. The van der Waals surface area contributed by atoms with Gasteiger partial charge in [0.25, 0.3) is 5.91 Å². The van der Waals surface area contributed by atoms with Crippen molar-refractivity contribution in [1.29, 1.82) is 0 Å². The lowest BCUT2D eigenvalue weighted by molar-refractivity contribution is 0.0572. The van der Waals surface area contributed by atoms with Crippen LogP contribution in [-0.2, 0) is 11.3 Å². The molecule has 1 amide bonds. The number of likely N-dealkylation sites (tertiary alicyclic amines) is 1. The van der Waals surface area contributed by atoms with Crippen LogP contribution >= 0.6 is 0 Å². The van der Waals surface area contributed by atoms with E-state index in [1.54, 1.807) is 7.11 Å². The van der Waals surface area contributed by atoms with Crippen LogP contribution in [0.5, 0.6) is 0 Å². The van der Waals surface area contributed by atoms with Crippen molar-refractivity contribution in [2.45, 2.75) is 45.3 Å². The van der Waals surface area contributed by atoms with Crippen LogP contribution in [0.4, 0.5) is 0 Å². The Morgan fingerprint density at radius 1 is 1.45 bits per heavy atom. The minimum atomic E-state index is 0.00250. The van der Waals surface area contributed by atoms with Gasteiger partial charge in [-0.25, -0.2) is 0 Å². The van der Waals surface area contributed by atoms with Gasteiger partial charge in [-0.15, -0.1) is 0 Å². The summed E-state index contributed by atoms with van der Waals surface area (Å²) in [5.41, 5.74) is 1.21. The second-order valence-corrected chi connectivity index (χ2v) is 6.31. The zero-order valence-electron chi connectivity index (χ0n) is 13.4. The van der Waals surface area contributed by atoms with Gasteiger partial charge in [-0.3, -0.25) is 4.79 Å². The monoisotopic (exact) mass is 307 g/mol. The summed E-state index contributed by atoms with van der Waals surface area (Å²) in [6.07, 6.45) is 4.47. The van der Waals surface area contributed by atoms with Crippen molar-refractivity contribution in [3.8, 4) is 0 Å². The van der Waals surface area contributed by atoms with E-state index in [0.29, 0.717) is 30.0 Å². The van der Waals surface area contributed by atoms with Gasteiger partial charge in [-0.2, -0.15) is 0 Å². The number of fused-ring (bicyclic) bond motifs is 1. The van der Waals surface area contributed by atoms with Gasteiger partial charge < -0.3 is 19.5 Å². The number of methoxy groups -OCH3 is 1. The molecule has 3 rings (SSSR count). The molecule has 0 radical (unpaired) electrons. The Kier molecular flexibility index (Phi) is 4.78. The van der Waals surface area contributed by atoms with Crippen LogP contribution in [0.25, 0.3) is 0 Å². The number of piperidine rings is 1. The van der Waals surface area contributed by atoms with E-state index < -0.39 is 0 Å². The summed E-state index contributed by atoms with van der Waals surface area (Å²) in [6.45, 7) is 5.00. The summed E-state index contributed by atoms with van der Waals surface area (Å²) >= 11 is 0. The molecule has 2 aliphatic heterocycles. The van der Waals surface area contributed by atoms with Crippen molar-refractivity contribution in [3.05, 3.63) is 17.0 Å². The molecule has 1 aromatic heterocycles. The van der Waals surface area contributed by atoms with Gasteiger partial charge >= 0.3 is 0 Å². The van der Waals surface area contributed by atoms with E-state index in [4.69, 9.17) is 9.26 Å². The molecule has 0 saturated carbocycles. The maximum Gasteiger partial charge on any atom is 0.276 e. The molecule has 6 heteroatoms. The van der Waals surface area contributed by atoms with E-state index >= 15 is 0 Å². The third kappa shape index (κ3) is 2.90. The average molecular weight is 307 g/mol. The van der Waals surface area contributed by atoms with Crippen LogP contribution in [0.15, 0.2) is 4.52 Å². The number of rotatable bonds is 3. The third-order valence-electron chi connectivity index (χ3n) is 4.93. The smallest absolute Gasteiger partial charge is 0.276 e. The van der Waals surface area contributed by atoms with Gasteiger partial charge in [0.1, 0.15) is 5.76 Å². The maximum absolute atomic E-state index is 13.0. The number of hydrogen-bond acceptors (Lipinski definition) is 5. The minimum absolute atomic E-state index is 0.00250. The molecule has 2 aliphatic rings. The van der Waals surface area contributed by atoms with Gasteiger partial charge in [0.05, 0.1) is 12.2 Å². The number of amides is 1. The Morgan fingerprint density at radius 3 is 3.14 bits per heavy atom. The number of aromatic nitrogens is 1. The zero-order chi connectivity index (χ0) is 15.5. The molecule has 2 saturated heterocycles. The topological polar surface area (TPSA) is 67.6 Å². The standard InChI is InChI=1S/C16H25N3O3/c1-11-13(10-21-2)15(18-22-11)16(20)19-8-4-3-5-12-9-17-7-6-14(12)19/h12,14,17H,3-10H2,1-2H3/t12-,14+/m0/s1. The lowest BCUT2D eigenvalue weighted by Crippen LogP contribution is -2.51. The Bertz CT molecular complexity index is 529. The molecule has 1 N–H and O–H groups in total. The zero-order valence-corrected chi connectivity index (χ0v) is 13.4. The number of aryl methyl sites for hydroxylation is 1. The van der Waals surface area contributed by atoms with Gasteiger partial charge in [-0.05, 0) is 45.2 Å². The second-order valence-electron chi connectivity index (χ2n) is 6.31. The minimum Gasteiger partial charge on any atom is -0.380 e. The SMILES string of the molecule is COCc1c(C(=O)N2CCCC[C@H]3CNCC[C@H]32)noc1C. The summed E-state index contributed by atoms with van der Waals surface area (Å²) in [5.74, 6) is 1.23. The molecule has 2 fully saturated rings. The first-order valence-electron chi connectivity index (χ1n) is 8.18. The molecular formula is C16H25N3O3. The van der Waals surface area contributed by atoms with Crippen molar-refractivity contribution < 1.29 is 14.1 Å². The van der Waals surface area contributed by atoms with Gasteiger partial charge in [0, 0.05) is 19.7 Å². The molecule has 0 aliphatic carbocycles. The Balaban J connectivity index is 1.86. The Hall–Kier alpha value is -1.40. The molecule has 122 valence electrons. The maximum atomic E-state index is 13.0. The summed E-state index contributed by atoms with van der Waals surface area (Å²) in [6, 6.07) is 0.323. The van der Waals surface area contributed by atoms with Crippen LogP contribution in [0.3, 0.4) is 0 Å². The molecule has 2 atom stereocenters. The quantitative estimate of drug-likeness (QED) is 0.921. The molecule has 1 aromatic rings. The summed E-state index contributed by atoms with van der Waals surface area (Å²) in [5, 5.41) is 7.47. The molecular weight excluding hydrogens is 282 g/mol. The molecule has 0 bridgehead atoms. The average Bonchev–Trinajstić information content (AvgIpc) is 2.77. The lowest BCUT2D eigenvalue weighted by Gasteiger charge is -2.38. The number of nitrogens with zero attached hydrogens (tertiary/aromatic N) is 2. The molecule has 6 nitrogen and oxygen atoms in total. The van der Waals surface area contributed by atoms with Crippen molar-refractivity contribution in [2.75, 3.05) is 26.7 Å². The van der Waals surface area contributed by atoms with Crippen LogP contribution < -0.4 is 5.32 Å². The van der Waals surface area contributed by atoms with Crippen LogP contribution in [0.1, 0.15) is 47.5 Å².